The fourth-order valence-electron chi connectivity index (χ4n) is 2.82. The van der Waals surface area contributed by atoms with Crippen LogP contribution in [0.15, 0.2) is 36.7 Å². The number of anilines is 2. The number of aromatic amines is 1. The van der Waals surface area contributed by atoms with E-state index in [1.54, 1.807) is 6.20 Å². The van der Waals surface area contributed by atoms with Gasteiger partial charge in [0.05, 0.1) is 19.4 Å². The summed E-state index contributed by atoms with van der Waals surface area (Å²) in [6, 6.07) is 8.10. The molecule has 0 unspecified atom stereocenters. The Kier molecular flexibility index (Phi) is 3.16. The first kappa shape index (κ1) is 13.1. The summed E-state index contributed by atoms with van der Waals surface area (Å²) in [5.74, 6) is 1.30. The second kappa shape index (κ2) is 5.31. The zero-order valence-electron chi connectivity index (χ0n) is 12.1. The lowest BCUT2D eigenvalue weighted by molar-refractivity contribution is 0.122. The molecule has 6 nitrogen and oxygen atoms in total. The molecule has 0 radical (unpaired) electrons. The van der Waals surface area contributed by atoms with Gasteiger partial charge < -0.3 is 20.4 Å². The number of aromatic nitrogens is 3. The van der Waals surface area contributed by atoms with Crippen molar-refractivity contribution in [2.24, 2.45) is 0 Å². The van der Waals surface area contributed by atoms with Crippen LogP contribution in [0, 0.1) is 0 Å². The summed E-state index contributed by atoms with van der Waals surface area (Å²) < 4.78 is 5.39. The fourth-order valence-corrected chi connectivity index (χ4v) is 2.82. The molecule has 0 atom stereocenters. The van der Waals surface area contributed by atoms with E-state index in [2.05, 4.69) is 14.9 Å². The monoisotopic (exact) mass is 295 g/mol. The minimum Gasteiger partial charge on any atom is -0.382 e. The summed E-state index contributed by atoms with van der Waals surface area (Å²) >= 11 is 0. The topological polar surface area (TPSA) is 80.1 Å². The Morgan fingerprint density at radius 2 is 2.05 bits per heavy atom. The average molecular weight is 295 g/mol. The molecule has 1 aliphatic heterocycles. The number of nitrogen functional groups attached to an aromatic ring is 1. The predicted molar refractivity (Wildman–Crippen MR) is 86.8 cm³/mol. The molecule has 1 saturated heterocycles. The van der Waals surface area contributed by atoms with Crippen molar-refractivity contribution in [3.63, 3.8) is 0 Å². The number of nitrogens with one attached hydrogen (secondary N) is 1. The molecule has 0 spiro atoms. The van der Waals surface area contributed by atoms with Crippen molar-refractivity contribution < 1.29 is 4.74 Å². The van der Waals surface area contributed by atoms with E-state index in [1.165, 1.54) is 0 Å². The van der Waals surface area contributed by atoms with Crippen molar-refractivity contribution in [3.05, 3.63) is 36.7 Å². The number of nitrogens with zero attached hydrogens (tertiary/aromatic N) is 3. The molecule has 3 heterocycles. The summed E-state index contributed by atoms with van der Waals surface area (Å²) in [4.78, 5) is 14.5. The second-order valence-corrected chi connectivity index (χ2v) is 5.31. The van der Waals surface area contributed by atoms with Crippen LogP contribution in [-0.4, -0.2) is 41.3 Å². The maximum absolute atomic E-state index is 6.08. The molecule has 0 aliphatic carbocycles. The number of nitrogens with two attached hydrogens (primary N) is 1. The van der Waals surface area contributed by atoms with Crippen LogP contribution in [0.25, 0.3) is 22.2 Å². The Morgan fingerprint density at radius 3 is 2.91 bits per heavy atom. The predicted octanol–water partition coefficient (Wildman–Crippen LogP) is 2.04. The normalized spacial score (nSPS) is 15.4. The lowest BCUT2D eigenvalue weighted by atomic mass is 10.1. The summed E-state index contributed by atoms with van der Waals surface area (Å²) in [5.41, 5.74) is 8.88. The molecule has 3 N–H and O–H groups in total. The van der Waals surface area contributed by atoms with Gasteiger partial charge in [-0.15, -0.1) is 0 Å². The average Bonchev–Trinajstić information content (AvgIpc) is 3.05. The quantitative estimate of drug-likeness (QED) is 0.756. The molecule has 1 aromatic carbocycles. The van der Waals surface area contributed by atoms with E-state index in [4.69, 9.17) is 15.5 Å². The lowest BCUT2D eigenvalue weighted by Gasteiger charge is -2.27. The van der Waals surface area contributed by atoms with Crippen molar-refractivity contribution in [2.75, 3.05) is 36.9 Å². The fraction of sp³-hybridized carbons (Fsp3) is 0.250. The zero-order valence-corrected chi connectivity index (χ0v) is 12.1. The maximum atomic E-state index is 6.08. The van der Waals surface area contributed by atoms with Gasteiger partial charge in [0, 0.05) is 35.8 Å². The number of hydrogen-bond acceptors (Lipinski definition) is 5. The Morgan fingerprint density at radius 1 is 1.18 bits per heavy atom. The highest BCUT2D eigenvalue weighted by Gasteiger charge is 2.16. The third kappa shape index (κ3) is 2.17. The van der Waals surface area contributed by atoms with Crippen molar-refractivity contribution in [1.82, 2.24) is 15.0 Å². The number of ether oxygens (including phenoxy) is 1. The summed E-state index contributed by atoms with van der Waals surface area (Å²) in [5, 5.41) is 1.10. The molecule has 0 saturated carbocycles. The van der Waals surface area contributed by atoms with E-state index in [0.717, 1.165) is 54.3 Å². The molecule has 1 aliphatic rings. The first-order valence-electron chi connectivity index (χ1n) is 7.34. The maximum Gasteiger partial charge on any atom is 0.150 e. The molecule has 4 rings (SSSR count). The summed E-state index contributed by atoms with van der Waals surface area (Å²) in [6.07, 6.45) is 3.66. The third-order valence-electron chi connectivity index (χ3n) is 3.97. The standard InChI is InChI=1S/C16H17N5O/c17-16-15(12-2-1-3-13-11(12)4-5-18-13)20-14(10-19-16)21-6-8-22-9-7-21/h1-5,10,18H,6-9H2,(H2,17,19). The van der Waals surface area contributed by atoms with Gasteiger partial charge in [0.25, 0.3) is 0 Å². The molecule has 6 heteroatoms. The van der Waals surface area contributed by atoms with Gasteiger partial charge in [-0.2, -0.15) is 0 Å². The Balaban J connectivity index is 1.82. The van der Waals surface area contributed by atoms with E-state index in [0.29, 0.717) is 5.82 Å². The summed E-state index contributed by atoms with van der Waals surface area (Å²) in [7, 11) is 0. The van der Waals surface area contributed by atoms with Crippen LogP contribution in [0.4, 0.5) is 11.6 Å². The van der Waals surface area contributed by atoms with Gasteiger partial charge in [-0.3, -0.25) is 0 Å². The second-order valence-electron chi connectivity index (χ2n) is 5.31. The lowest BCUT2D eigenvalue weighted by Crippen LogP contribution is -2.36. The number of rotatable bonds is 2. The van der Waals surface area contributed by atoms with Gasteiger partial charge in [-0.05, 0) is 12.1 Å². The van der Waals surface area contributed by atoms with E-state index >= 15 is 0 Å². The molecule has 0 bridgehead atoms. The van der Waals surface area contributed by atoms with Crippen LogP contribution < -0.4 is 10.6 Å². The number of hydrogen-bond donors (Lipinski definition) is 2. The van der Waals surface area contributed by atoms with E-state index in [-0.39, 0.29) is 0 Å². The first-order valence-corrected chi connectivity index (χ1v) is 7.34. The van der Waals surface area contributed by atoms with E-state index < -0.39 is 0 Å². The Labute approximate surface area is 127 Å². The highest BCUT2D eigenvalue weighted by molar-refractivity contribution is 5.96. The van der Waals surface area contributed by atoms with Crippen molar-refractivity contribution in [2.45, 2.75) is 0 Å². The van der Waals surface area contributed by atoms with Crippen LogP contribution in [0.5, 0.6) is 0 Å². The molecule has 0 amide bonds. The van der Waals surface area contributed by atoms with Crippen molar-refractivity contribution >= 4 is 22.5 Å². The highest BCUT2D eigenvalue weighted by atomic mass is 16.5. The number of fused-ring (bicyclic) bond motifs is 1. The van der Waals surface area contributed by atoms with Gasteiger partial charge in [0.2, 0.25) is 0 Å². The molecular weight excluding hydrogens is 278 g/mol. The van der Waals surface area contributed by atoms with E-state index in [1.807, 2.05) is 30.5 Å². The van der Waals surface area contributed by atoms with E-state index in [9.17, 15) is 0 Å². The first-order chi connectivity index (χ1) is 10.8. The SMILES string of the molecule is Nc1ncc(N2CCOCC2)nc1-c1cccc2[nH]ccc12. The minimum atomic E-state index is 0.450. The number of morpholine rings is 1. The molecular formula is C16H17N5O. The van der Waals surface area contributed by atoms with Crippen molar-refractivity contribution in [3.8, 4) is 11.3 Å². The zero-order chi connectivity index (χ0) is 14.9. The minimum absolute atomic E-state index is 0.450. The van der Waals surface area contributed by atoms with Gasteiger partial charge in [-0.1, -0.05) is 12.1 Å². The highest BCUT2D eigenvalue weighted by Crippen LogP contribution is 2.31. The summed E-state index contributed by atoms with van der Waals surface area (Å²) in [6.45, 7) is 3.09. The number of H-pyrrole nitrogens is 1. The van der Waals surface area contributed by atoms with Crippen LogP contribution in [0.2, 0.25) is 0 Å². The van der Waals surface area contributed by atoms with Gasteiger partial charge >= 0.3 is 0 Å². The molecule has 2 aromatic heterocycles. The van der Waals surface area contributed by atoms with Crippen LogP contribution in [0.3, 0.4) is 0 Å². The van der Waals surface area contributed by atoms with Gasteiger partial charge in [0.1, 0.15) is 17.3 Å². The van der Waals surface area contributed by atoms with Gasteiger partial charge in [-0.25, -0.2) is 9.97 Å². The Hall–Kier alpha value is -2.60. The van der Waals surface area contributed by atoms with Crippen LogP contribution in [0.1, 0.15) is 0 Å². The Bertz CT molecular complexity index is 807. The van der Waals surface area contributed by atoms with Crippen LogP contribution in [-0.2, 0) is 4.74 Å². The van der Waals surface area contributed by atoms with Crippen LogP contribution >= 0.6 is 0 Å². The van der Waals surface area contributed by atoms with Gasteiger partial charge in [0.15, 0.2) is 0 Å². The number of benzene rings is 1. The third-order valence-corrected chi connectivity index (χ3v) is 3.97. The molecule has 22 heavy (non-hydrogen) atoms. The van der Waals surface area contributed by atoms with Crippen molar-refractivity contribution in [1.29, 1.82) is 0 Å². The molecule has 3 aromatic rings. The molecule has 1 fully saturated rings. The largest absolute Gasteiger partial charge is 0.382 e. The smallest absolute Gasteiger partial charge is 0.150 e. The molecule has 112 valence electrons.